The fourth-order valence-corrected chi connectivity index (χ4v) is 2.35. The molecule has 4 heteroatoms. The zero-order valence-corrected chi connectivity index (χ0v) is 14.5. The van der Waals surface area contributed by atoms with Gasteiger partial charge in [-0.2, -0.15) is 0 Å². The fourth-order valence-electron chi connectivity index (χ4n) is 2.35. The Balaban J connectivity index is 1.85. The van der Waals surface area contributed by atoms with Crippen LogP contribution in [0.3, 0.4) is 0 Å². The molecule has 1 unspecified atom stereocenters. The van der Waals surface area contributed by atoms with Crippen LogP contribution in [-0.2, 0) is 22.6 Å². The number of benzene rings is 2. The Morgan fingerprint density at radius 1 is 1.12 bits per heavy atom. The van der Waals surface area contributed by atoms with Gasteiger partial charge in [0.25, 0.3) is 5.91 Å². The van der Waals surface area contributed by atoms with Crippen molar-refractivity contribution in [3.05, 3.63) is 59.7 Å². The van der Waals surface area contributed by atoms with Gasteiger partial charge in [0.1, 0.15) is 11.9 Å². The van der Waals surface area contributed by atoms with Crippen molar-refractivity contribution < 1.29 is 14.3 Å². The largest absolute Gasteiger partial charge is 0.497 e. The highest BCUT2D eigenvalue weighted by atomic mass is 16.5. The number of nitrogens with one attached hydrogen (secondary N) is 1. The molecule has 0 fully saturated rings. The zero-order chi connectivity index (χ0) is 17.4. The molecule has 0 aromatic heterocycles. The lowest BCUT2D eigenvalue weighted by Gasteiger charge is -2.14. The average molecular weight is 327 g/mol. The van der Waals surface area contributed by atoms with Gasteiger partial charge in [0, 0.05) is 5.69 Å². The minimum Gasteiger partial charge on any atom is -0.497 e. The monoisotopic (exact) mass is 327 g/mol. The van der Waals surface area contributed by atoms with Gasteiger partial charge in [0.2, 0.25) is 0 Å². The van der Waals surface area contributed by atoms with E-state index in [0.29, 0.717) is 6.61 Å². The Morgan fingerprint density at radius 2 is 1.88 bits per heavy atom. The van der Waals surface area contributed by atoms with Crippen LogP contribution in [-0.4, -0.2) is 19.1 Å². The molecule has 0 aliphatic heterocycles. The molecular formula is C20H25NO3. The third-order valence-corrected chi connectivity index (χ3v) is 3.76. The summed E-state index contributed by atoms with van der Waals surface area (Å²) in [5.41, 5.74) is 3.03. The Labute approximate surface area is 143 Å². The third kappa shape index (κ3) is 5.39. The minimum absolute atomic E-state index is 0.152. The van der Waals surface area contributed by atoms with E-state index in [0.717, 1.165) is 29.8 Å². The van der Waals surface area contributed by atoms with Crippen LogP contribution < -0.4 is 10.1 Å². The van der Waals surface area contributed by atoms with Crippen molar-refractivity contribution in [3.8, 4) is 5.75 Å². The van der Waals surface area contributed by atoms with E-state index in [2.05, 4.69) is 12.2 Å². The first-order valence-electron chi connectivity index (χ1n) is 8.26. The fraction of sp³-hybridized carbons (Fsp3) is 0.350. The Morgan fingerprint density at radius 3 is 2.54 bits per heavy atom. The van der Waals surface area contributed by atoms with Gasteiger partial charge in [-0.15, -0.1) is 0 Å². The molecule has 0 heterocycles. The molecule has 0 spiro atoms. The summed E-state index contributed by atoms with van der Waals surface area (Å²) < 4.78 is 10.8. The summed E-state index contributed by atoms with van der Waals surface area (Å²) in [6.07, 6.45) is 1.63. The molecule has 1 atom stereocenters. The molecule has 0 aliphatic carbocycles. The standard InChI is InChI=1S/C20H25NO3/c1-4-6-16-9-11-18(12-10-16)21-20(22)15(2)24-14-17-7-5-8-19(13-17)23-3/h5,7-13,15H,4,6,14H2,1-3H3,(H,21,22). The molecule has 1 amide bonds. The smallest absolute Gasteiger partial charge is 0.253 e. The molecule has 0 saturated carbocycles. The number of hydrogen-bond acceptors (Lipinski definition) is 3. The van der Waals surface area contributed by atoms with E-state index in [1.165, 1.54) is 5.56 Å². The van der Waals surface area contributed by atoms with Crippen LogP contribution in [0.2, 0.25) is 0 Å². The maximum Gasteiger partial charge on any atom is 0.253 e. The average Bonchev–Trinajstić information content (AvgIpc) is 2.61. The van der Waals surface area contributed by atoms with E-state index < -0.39 is 6.10 Å². The lowest BCUT2D eigenvalue weighted by Crippen LogP contribution is -2.27. The predicted molar refractivity (Wildman–Crippen MR) is 96.3 cm³/mol. The number of ether oxygens (including phenoxy) is 2. The van der Waals surface area contributed by atoms with Crippen LogP contribution in [0.15, 0.2) is 48.5 Å². The molecule has 128 valence electrons. The Bertz CT molecular complexity index is 652. The van der Waals surface area contributed by atoms with E-state index in [1.54, 1.807) is 14.0 Å². The van der Waals surface area contributed by atoms with Gasteiger partial charge in [-0.25, -0.2) is 0 Å². The van der Waals surface area contributed by atoms with Gasteiger partial charge in [-0.05, 0) is 48.7 Å². The molecule has 0 bridgehead atoms. The molecule has 2 aromatic rings. The first-order chi connectivity index (χ1) is 11.6. The number of anilines is 1. The van der Waals surface area contributed by atoms with Crippen molar-refractivity contribution >= 4 is 11.6 Å². The van der Waals surface area contributed by atoms with Gasteiger partial charge in [-0.1, -0.05) is 37.6 Å². The molecule has 4 nitrogen and oxygen atoms in total. The summed E-state index contributed by atoms with van der Waals surface area (Å²) in [6, 6.07) is 15.6. The van der Waals surface area contributed by atoms with E-state index >= 15 is 0 Å². The number of carbonyl (C=O) groups excluding carboxylic acids is 1. The van der Waals surface area contributed by atoms with Gasteiger partial charge in [-0.3, -0.25) is 4.79 Å². The van der Waals surface area contributed by atoms with Crippen LogP contribution in [0.4, 0.5) is 5.69 Å². The summed E-state index contributed by atoms with van der Waals surface area (Å²) in [4.78, 5) is 12.2. The summed E-state index contributed by atoms with van der Waals surface area (Å²) >= 11 is 0. The first kappa shape index (κ1) is 18.0. The van der Waals surface area contributed by atoms with Crippen LogP contribution >= 0.6 is 0 Å². The second-order valence-corrected chi connectivity index (χ2v) is 5.74. The number of aryl methyl sites for hydroxylation is 1. The summed E-state index contributed by atoms with van der Waals surface area (Å²) in [7, 11) is 1.63. The van der Waals surface area contributed by atoms with Crippen LogP contribution in [0, 0.1) is 0 Å². The Hall–Kier alpha value is -2.33. The Kier molecular flexibility index (Phi) is 6.82. The van der Waals surface area contributed by atoms with Crippen molar-refractivity contribution in [1.29, 1.82) is 0 Å². The van der Waals surface area contributed by atoms with E-state index in [4.69, 9.17) is 9.47 Å². The number of amides is 1. The maximum atomic E-state index is 12.2. The van der Waals surface area contributed by atoms with Gasteiger partial charge >= 0.3 is 0 Å². The molecular weight excluding hydrogens is 302 g/mol. The van der Waals surface area contributed by atoms with Crippen molar-refractivity contribution in [2.24, 2.45) is 0 Å². The van der Waals surface area contributed by atoms with Crippen LogP contribution in [0.5, 0.6) is 5.75 Å². The number of methoxy groups -OCH3 is 1. The third-order valence-electron chi connectivity index (χ3n) is 3.76. The molecule has 2 aromatic carbocycles. The molecule has 1 N–H and O–H groups in total. The normalized spacial score (nSPS) is 11.8. The van der Waals surface area contributed by atoms with Gasteiger partial charge in [0.15, 0.2) is 0 Å². The van der Waals surface area contributed by atoms with Crippen LogP contribution in [0.1, 0.15) is 31.4 Å². The zero-order valence-electron chi connectivity index (χ0n) is 14.5. The second-order valence-electron chi connectivity index (χ2n) is 5.74. The lowest BCUT2D eigenvalue weighted by molar-refractivity contribution is -0.127. The number of hydrogen-bond donors (Lipinski definition) is 1. The summed E-state index contributed by atoms with van der Waals surface area (Å²) in [6.45, 7) is 4.26. The SMILES string of the molecule is CCCc1ccc(NC(=O)C(C)OCc2cccc(OC)c2)cc1. The molecule has 0 saturated heterocycles. The highest BCUT2D eigenvalue weighted by Gasteiger charge is 2.13. The van der Waals surface area contributed by atoms with Crippen molar-refractivity contribution in [3.63, 3.8) is 0 Å². The van der Waals surface area contributed by atoms with E-state index in [-0.39, 0.29) is 5.91 Å². The molecule has 2 rings (SSSR count). The van der Waals surface area contributed by atoms with Crippen molar-refractivity contribution in [2.75, 3.05) is 12.4 Å². The lowest BCUT2D eigenvalue weighted by atomic mass is 10.1. The summed E-state index contributed by atoms with van der Waals surface area (Å²) in [5.74, 6) is 0.626. The molecule has 0 radical (unpaired) electrons. The molecule has 0 aliphatic rings. The second kappa shape index (κ2) is 9.08. The highest BCUT2D eigenvalue weighted by Crippen LogP contribution is 2.15. The predicted octanol–water partition coefficient (Wildman–Crippen LogP) is 4.19. The van der Waals surface area contributed by atoms with Crippen molar-refractivity contribution in [2.45, 2.75) is 39.4 Å². The topological polar surface area (TPSA) is 47.6 Å². The minimum atomic E-state index is -0.536. The van der Waals surface area contributed by atoms with Crippen molar-refractivity contribution in [1.82, 2.24) is 0 Å². The highest BCUT2D eigenvalue weighted by molar-refractivity contribution is 5.93. The number of rotatable bonds is 8. The van der Waals surface area contributed by atoms with Crippen LogP contribution in [0.25, 0.3) is 0 Å². The van der Waals surface area contributed by atoms with E-state index in [9.17, 15) is 4.79 Å². The first-order valence-corrected chi connectivity index (χ1v) is 8.26. The number of carbonyl (C=O) groups is 1. The molecule has 24 heavy (non-hydrogen) atoms. The quantitative estimate of drug-likeness (QED) is 0.791. The maximum absolute atomic E-state index is 12.2. The van der Waals surface area contributed by atoms with Gasteiger partial charge < -0.3 is 14.8 Å². The van der Waals surface area contributed by atoms with E-state index in [1.807, 2.05) is 48.5 Å². The summed E-state index contributed by atoms with van der Waals surface area (Å²) in [5, 5.41) is 2.88. The van der Waals surface area contributed by atoms with Gasteiger partial charge in [0.05, 0.1) is 13.7 Å².